The van der Waals surface area contributed by atoms with Gasteiger partial charge in [0.05, 0.1) is 22.7 Å². The molecule has 8 nitrogen and oxygen atoms in total. The topological polar surface area (TPSA) is 107 Å². The van der Waals surface area contributed by atoms with Crippen LogP contribution in [0.1, 0.15) is 32.7 Å². The van der Waals surface area contributed by atoms with E-state index in [9.17, 15) is 24.5 Å². The molecular weight excluding hydrogens is 364 g/mol. The predicted octanol–water partition coefficient (Wildman–Crippen LogP) is 2.84. The summed E-state index contributed by atoms with van der Waals surface area (Å²) in [6.07, 6.45) is 3.02. The molecule has 0 radical (unpaired) electrons. The summed E-state index contributed by atoms with van der Waals surface area (Å²) >= 11 is 0. The Kier molecular flexibility index (Phi) is 5.59. The number of benzene rings is 2. The average Bonchev–Trinajstić information content (AvgIpc) is 2.95. The second-order valence-corrected chi connectivity index (χ2v) is 6.01. The highest BCUT2D eigenvalue weighted by atomic mass is 16.6. The van der Waals surface area contributed by atoms with E-state index in [1.807, 2.05) is 0 Å². The largest absolute Gasteiger partial charge is 0.462 e. The van der Waals surface area contributed by atoms with Crippen molar-refractivity contribution in [2.45, 2.75) is 6.42 Å². The molecule has 1 heterocycles. The van der Waals surface area contributed by atoms with E-state index < -0.39 is 10.9 Å². The quantitative estimate of drug-likeness (QED) is 0.183. The van der Waals surface area contributed by atoms with Crippen molar-refractivity contribution in [2.24, 2.45) is 0 Å². The zero-order valence-corrected chi connectivity index (χ0v) is 14.7. The third-order valence-corrected chi connectivity index (χ3v) is 4.16. The number of non-ortho nitro benzene ring substituents is 1. The number of hydrogen-bond donors (Lipinski definition) is 0. The number of carbonyl (C=O) groups excluding carboxylic acids is 3. The van der Waals surface area contributed by atoms with Crippen LogP contribution in [-0.4, -0.2) is 40.8 Å². The monoisotopic (exact) mass is 380 g/mol. The van der Waals surface area contributed by atoms with Gasteiger partial charge in [-0.3, -0.25) is 24.6 Å². The van der Waals surface area contributed by atoms with Gasteiger partial charge in [-0.05, 0) is 42.3 Å². The molecule has 3 rings (SSSR count). The molecule has 28 heavy (non-hydrogen) atoms. The van der Waals surface area contributed by atoms with Crippen LogP contribution in [0.3, 0.4) is 0 Å². The highest BCUT2D eigenvalue weighted by Gasteiger charge is 2.34. The van der Waals surface area contributed by atoms with Crippen LogP contribution in [0, 0.1) is 10.1 Å². The molecular formula is C20H16N2O6. The van der Waals surface area contributed by atoms with Crippen molar-refractivity contribution in [3.8, 4) is 0 Å². The lowest BCUT2D eigenvalue weighted by Gasteiger charge is -2.13. The van der Waals surface area contributed by atoms with Crippen molar-refractivity contribution in [3.63, 3.8) is 0 Å². The molecule has 0 N–H and O–H groups in total. The maximum Gasteiger partial charge on any atom is 0.330 e. The molecule has 1 aliphatic heterocycles. The summed E-state index contributed by atoms with van der Waals surface area (Å²) in [5.41, 5.74) is 1.35. The molecule has 0 aliphatic carbocycles. The molecule has 0 atom stereocenters. The highest BCUT2D eigenvalue weighted by molar-refractivity contribution is 6.21. The van der Waals surface area contributed by atoms with Crippen molar-refractivity contribution in [3.05, 3.63) is 81.4 Å². The minimum atomic E-state index is -0.583. The summed E-state index contributed by atoms with van der Waals surface area (Å²) in [5.74, 6) is -1.27. The number of ether oxygens (including phenoxy) is 1. The molecule has 2 aromatic rings. The number of esters is 1. The van der Waals surface area contributed by atoms with Gasteiger partial charge in [0.15, 0.2) is 0 Å². The molecule has 0 fully saturated rings. The lowest BCUT2D eigenvalue weighted by atomic mass is 10.1. The molecule has 0 spiro atoms. The number of nitro benzene ring substituents is 1. The Morgan fingerprint density at radius 2 is 1.64 bits per heavy atom. The summed E-state index contributed by atoms with van der Waals surface area (Å²) in [6, 6.07) is 12.3. The zero-order chi connectivity index (χ0) is 20.1. The van der Waals surface area contributed by atoms with Crippen LogP contribution >= 0.6 is 0 Å². The van der Waals surface area contributed by atoms with Crippen LogP contribution in [0.4, 0.5) is 5.69 Å². The summed E-state index contributed by atoms with van der Waals surface area (Å²) in [7, 11) is 0. The van der Waals surface area contributed by atoms with Gasteiger partial charge in [-0.15, -0.1) is 0 Å². The third kappa shape index (κ3) is 4.12. The zero-order valence-electron chi connectivity index (χ0n) is 14.7. The first kappa shape index (κ1) is 19.0. The SMILES string of the molecule is O=C(/C=C/c1ccc([N+](=O)[O-])cc1)OCCCN1C(=O)c2ccccc2C1=O. The van der Waals surface area contributed by atoms with Crippen LogP contribution in [-0.2, 0) is 9.53 Å². The van der Waals surface area contributed by atoms with Crippen molar-refractivity contribution in [2.75, 3.05) is 13.2 Å². The van der Waals surface area contributed by atoms with Crippen LogP contribution in [0.25, 0.3) is 6.08 Å². The summed E-state index contributed by atoms with van der Waals surface area (Å²) < 4.78 is 5.05. The lowest BCUT2D eigenvalue weighted by molar-refractivity contribution is -0.384. The average molecular weight is 380 g/mol. The molecule has 1 aliphatic rings. The van der Waals surface area contributed by atoms with Gasteiger partial charge in [0.2, 0.25) is 0 Å². The van der Waals surface area contributed by atoms with Crippen LogP contribution in [0.2, 0.25) is 0 Å². The first-order chi connectivity index (χ1) is 13.5. The lowest BCUT2D eigenvalue weighted by Crippen LogP contribution is -2.31. The number of carbonyl (C=O) groups is 3. The number of fused-ring (bicyclic) bond motifs is 1. The van der Waals surface area contributed by atoms with Crippen molar-refractivity contribution >= 4 is 29.5 Å². The molecule has 2 aromatic carbocycles. The minimum absolute atomic E-state index is 0.0344. The van der Waals surface area contributed by atoms with Gasteiger partial charge >= 0.3 is 5.97 Å². The fourth-order valence-electron chi connectivity index (χ4n) is 2.76. The van der Waals surface area contributed by atoms with Gasteiger partial charge in [0.1, 0.15) is 0 Å². The number of nitro groups is 1. The molecule has 0 aromatic heterocycles. The van der Waals surface area contributed by atoms with Gasteiger partial charge < -0.3 is 4.74 Å². The van der Waals surface area contributed by atoms with E-state index in [4.69, 9.17) is 4.74 Å². The van der Waals surface area contributed by atoms with Crippen LogP contribution in [0.5, 0.6) is 0 Å². The molecule has 2 amide bonds. The Bertz CT molecular complexity index is 930. The van der Waals surface area contributed by atoms with E-state index >= 15 is 0 Å². The minimum Gasteiger partial charge on any atom is -0.462 e. The Balaban J connectivity index is 1.44. The first-order valence-electron chi connectivity index (χ1n) is 8.52. The molecule has 0 saturated carbocycles. The van der Waals surface area contributed by atoms with Crippen molar-refractivity contribution in [1.82, 2.24) is 4.90 Å². The van der Waals surface area contributed by atoms with E-state index in [-0.39, 0.29) is 30.7 Å². The predicted molar refractivity (Wildman–Crippen MR) is 99.5 cm³/mol. The number of hydrogen-bond acceptors (Lipinski definition) is 6. The number of rotatable bonds is 7. The van der Waals surface area contributed by atoms with Crippen molar-refractivity contribution < 1.29 is 24.0 Å². The van der Waals surface area contributed by atoms with Crippen LogP contribution < -0.4 is 0 Å². The van der Waals surface area contributed by atoms with E-state index in [0.717, 1.165) is 4.90 Å². The Morgan fingerprint density at radius 3 is 2.21 bits per heavy atom. The fraction of sp³-hybridized carbons (Fsp3) is 0.150. The molecule has 142 valence electrons. The number of nitrogens with zero attached hydrogens (tertiary/aromatic N) is 2. The normalized spacial score (nSPS) is 13.1. The highest BCUT2D eigenvalue weighted by Crippen LogP contribution is 2.22. The van der Waals surface area contributed by atoms with Crippen LogP contribution in [0.15, 0.2) is 54.6 Å². The van der Waals surface area contributed by atoms with Crippen molar-refractivity contribution in [1.29, 1.82) is 0 Å². The fourth-order valence-corrected chi connectivity index (χ4v) is 2.76. The smallest absolute Gasteiger partial charge is 0.330 e. The standard InChI is InChI=1S/C20H16N2O6/c23-18(11-8-14-6-9-15(10-7-14)22(26)27)28-13-3-12-21-19(24)16-4-1-2-5-17(16)20(21)25/h1-2,4-11H,3,12-13H2/b11-8+. The first-order valence-corrected chi connectivity index (χ1v) is 8.52. The second kappa shape index (κ2) is 8.26. The molecule has 0 unspecified atom stereocenters. The van der Waals surface area contributed by atoms with E-state index in [2.05, 4.69) is 0 Å². The summed E-state index contributed by atoms with van der Waals surface area (Å²) in [4.78, 5) is 47.4. The van der Waals surface area contributed by atoms with E-state index in [1.54, 1.807) is 24.3 Å². The Morgan fingerprint density at radius 1 is 1.04 bits per heavy atom. The summed E-state index contributed by atoms with van der Waals surface area (Å²) in [5, 5.41) is 10.6. The Labute approximate surface area is 160 Å². The summed E-state index contributed by atoms with van der Waals surface area (Å²) in [6.45, 7) is 0.211. The number of amides is 2. The van der Waals surface area contributed by atoms with E-state index in [0.29, 0.717) is 23.1 Å². The third-order valence-electron chi connectivity index (χ3n) is 4.16. The van der Waals surface area contributed by atoms with Gasteiger partial charge in [0, 0.05) is 24.8 Å². The second-order valence-electron chi connectivity index (χ2n) is 6.01. The maximum atomic E-state index is 12.2. The molecule has 8 heteroatoms. The molecule has 0 bridgehead atoms. The van der Waals surface area contributed by atoms with Gasteiger partial charge in [0.25, 0.3) is 17.5 Å². The maximum absolute atomic E-state index is 12.2. The van der Waals surface area contributed by atoms with Gasteiger partial charge in [-0.25, -0.2) is 4.79 Å². The number of imide groups is 1. The van der Waals surface area contributed by atoms with E-state index in [1.165, 1.54) is 36.4 Å². The van der Waals surface area contributed by atoms with Gasteiger partial charge in [-0.2, -0.15) is 0 Å². The molecule has 0 saturated heterocycles. The Hall–Kier alpha value is -3.81. The van der Waals surface area contributed by atoms with Gasteiger partial charge in [-0.1, -0.05) is 12.1 Å².